The second-order valence-corrected chi connectivity index (χ2v) is 15.6. The van der Waals surface area contributed by atoms with Gasteiger partial charge in [0.05, 0.1) is 43.5 Å². The summed E-state index contributed by atoms with van der Waals surface area (Å²) in [6.07, 6.45) is -15.1. The number of nitrogens with one attached hydrogen (secondary N) is 4. The van der Waals surface area contributed by atoms with E-state index in [4.69, 9.17) is 11.5 Å². The van der Waals surface area contributed by atoms with Crippen molar-refractivity contribution < 1.29 is 121 Å². The van der Waals surface area contributed by atoms with Gasteiger partial charge in [-0.3, -0.25) is 33.6 Å². The molecule has 1 aromatic rings. The molecule has 0 bridgehead atoms. The van der Waals surface area contributed by atoms with Crippen LogP contribution in [0.15, 0.2) is 18.2 Å². The molecule has 12 atom stereocenters. The van der Waals surface area contributed by atoms with E-state index in [9.17, 15) is 87.4 Å². The maximum Gasteiger partial charge on any atom is 1.00 e. The Kier molecular flexibility index (Phi) is 18.4. The molecule has 0 radical (unpaired) electrons. The molecule has 12 unspecified atom stereocenters. The molecule has 0 aromatic heterocycles. The van der Waals surface area contributed by atoms with Crippen molar-refractivity contribution >= 4 is 51.7 Å². The summed E-state index contributed by atoms with van der Waals surface area (Å²) >= 11 is 0. The SMILES string of the molecule is NC(=O)CC(O)C1NC(=O)C(C(O)Cc2ccc(O)c(OS(=O)(=O)[O-])c2)NC(=O)C2CC(O)CN2C(=O)C(CO)NC(=O)C(N)CC(O)C(O)NC(=O)C2C(O)CCN2C1=O.[Na+]. The number of aromatic hydroxyl groups is 1. The fourth-order valence-corrected chi connectivity index (χ4v) is 7.36. The number of hydrogen-bond acceptors (Lipinski definition) is 20. The van der Waals surface area contributed by atoms with Crippen molar-refractivity contribution in [1.82, 2.24) is 31.1 Å². The van der Waals surface area contributed by atoms with Crippen LogP contribution >= 0.6 is 0 Å². The number of phenolic OH excluding ortho intramolecular Hbond substituents is 1. The molecule has 27 nitrogen and oxygen atoms in total. The molecule has 0 saturated carbocycles. The minimum absolute atomic E-state index is 0. The number of aliphatic hydroxyl groups excluding tert-OH is 7. The molecule has 1 aromatic carbocycles. The zero-order valence-electron chi connectivity index (χ0n) is 32.8. The van der Waals surface area contributed by atoms with Crippen LogP contribution in [0.5, 0.6) is 11.5 Å². The van der Waals surface area contributed by atoms with Crippen molar-refractivity contribution in [3.63, 3.8) is 0 Å². The Hall–Kier alpha value is -4.30. The van der Waals surface area contributed by atoms with Crippen molar-refractivity contribution in [2.45, 2.75) is 105 Å². The van der Waals surface area contributed by atoms with Crippen molar-refractivity contribution in [3.05, 3.63) is 23.8 Å². The van der Waals surface area contributed by atoms with E-state index < -0.39 is 182 Å². The van der Waals surface area contributed by atoms with Crippen LogP contribution in [-0.4, -0.2) is 198 Å². The Morgan fingerprint density at radius 1 is 0.871 bits per heavy atom. The largest absolute Gasteiger partial charge is 1.00 e. The average Bonchev–Trinajstić information content (AvgIpc) is 3.76. The number of nitrogens with zero attached hydrogens (tertiary/aromatic N) is 2. The number of primary amides is 1. The minimum atomic E-state index is -5.45. The molecule has 3 aliphatic rings. The summed E-state index contributed by atoms with van der Waals surface area (Å²) in [4.78, 5) is 95.5. The summed E-state index contributed by atoms with van der Waals surface area (Å²) in [5, 5.41) is 93.3. The molecule has 3 heterocycles. The zero-order chi connectivity index (χ0) is 45.7. The third-order valence-corrected chi connectivity index (χ3v) is 10.4. The van der Waals surface area contributed by atoms with Gasteiger partial charge in [0.1, 0.15) is 36.3 Å². The molecular formula is C33H47N8NaO19S. The van der Waals surface area contributed by atoms with Crippen LogP contribution in [0.4, 0.5) is 0 Å². The van der Waals surface area contributed by atoms with Crippen LogP contribution in [0.2, 0.25) is 0 Å². The Balaban J connectivity index is 0.0000102. The molecule has 29 heteroatoms. The van der Waals surface area contributed by atoms with Crippen molar-refractivity contribution in [2.24, 2.45) is 11.5 Å². The topological polar surface area (TPSA) is 454 Å². The smallest absolute Gasteiger partial charge is 0.716 e. The third kappa shape index (κ3) is 13.1. The number of fused-ring (bicyclic) bond motifs is 2. The van der Waals surface area contributed by atoms with Gasteiger partial charge in [0, 0.05) is 32.4 Å². The summed E-state index contributed by atoms with van der Waals surface area (Å²) in [6.45, 7) is -2.15. The van der Waals surface area contributed by atoms with Gasteiger partial charge in [-0.25, -0.2) is 8.42 Å². The van der Waals surface area contributed by atoms with Gasteiger partial charge in [0.2, 0.25) is 41.4 Å². The van der Waals surface area contributed by atoms with E-state index in [0.717, 1.165) is 18.2 Å². The first-order chi connectivity index (χ1) is 28.4. The van der Waals surface area contributed by atoms with Crippen molar-refractivity contribution in [1.29, 1.82) is 0 Å². The quantitative estimate of drug-likeness (QED) is 0.0621. The maximum absolute atomic E-state index is 14.2. The van der Waals surface area contributed by atoms with Crippen molar-refractivity contribution in [3.8, 4) is 11.5 Å². The number of hydrogen-bond donors (Lipinski definition) is 14. The number of phenols is 1. The Labute approximate surface area is 374 Å². The molecule has 340 valence electrons. The number of amides is 7. The third-order valence-electron chi connectivity index (χ3n) is 10.1. The number of nitrogens with two attached hydrogens (primary N) is 2. The minimum Gasteiger partial charge on any atom is -0.716 e. The van der Waals surface area contributed by atoms with Crippen LogP contribution < -0.4 is 66.5 Å². The first-order valence-corrected chi connectivity index (χ1v) is 19.8. The molecular weight excluding hydrogens is 867 g/mol. The second-order valence-electron chi connectivity index (χ2n) is 14.6. The molecule has 3 saturated heterocycles. The van der Waals surface area contributed by atoms with Gasteiger partial charge in [-0.05, 0) is 24.1 Å². The molecule has 3 fully saturated rings. The molecule has 16 N–H and O–H groups in total. The van der Waals surface area contributed by atoms with E-state index in [1.54, 1.807) is 0 Å². The van der Waals surface area contributed by atoms with Crippen LogP contribution in [0, 0.1) is 0 Å². The molecule has 4 rings (SSSR count). The Morgan fingerprint density at radius 2 is 1.52 bits per heavy atom. The van der Waals surface area contributed by atoms with E-state index in [0.29, 0.717) is 9.80 Å². The Bertz CT molecular complexity index is 1970. The van der Waals surface area contributed by atoms with Gasteiger partial charge >= 0.3 is 29.6 Å². The van der Waals surface area contributed by atoms with Gasteiger partial charge in [-0.15, -0.1) is 0 Å². The molecule has 0 spiro atoms. The number of carbonyl (C=O) groups is 7. The van der Waals surface area contributed by atoms with Crippen LogP contribution in [0.3, 0.4) is 0 Å². The van der Waals surface area contributed by atoms with Crippen LogP contribution in [0.1, 0.15) is 31.2 Å². The van der Waals surface area contributed by atoms with Crippen LogP contribution in [0.25, 0.3) is 0 Å². The first-order valence-electron chi connectivity index (χ1n) is 18.4. The number of benzene rings is 1. The Morgan fingerprint density at radius 3 is 2.13 bits per heavy atom. The van der Waals surface area contributed by atoms with Crippen molar-refractivity contribution in [2.75, 3.05) is 19.7 Å². The number of carbonyl (C=O) groups excluding carboxylic acids is 7. The van der Waals surface area contributed by atoms with E-state index in [-0.39, 0.29) is 41.5 Å². The van der Waals surface area contributed by atoms with E-state index in [1.807, 2.05) is 5.32 Å². The summed E-state index contributed by atoms with van der Waals surface area (Å²) in [7, 11) is -5.45. The van der Waals surface area contributed by atoms with E-state index in [2.05, 4.69) is 20.1 Å². The first kappa shape index (κ1) is 52.0. The predicted octanol–water partition coefficient (Wildman–Crippen LogP) is -12.7. The van der Waals surface area contributed by atoms with Gasteiger partial charge in [0.15, 0.2) is 17.7 Å². The molecule has 7 amide bonds. The monoisotopic (exact) mass is 914 g/mol. The van der Waals surface area contributed by atoms with Crippen LogP contribution in [-0.2, 0) is 50.4 Å². The second kappa shape index (κ2) is 21.9. The maximum atomic E-state index is 14.2. The summed E-state index contributed by atoms with van der Waals surface area (Å²) in [5.41, 5.74) is 10.9. The fourth-order valence-electron chi connectivity index (χ4n) is 7.01. The van der Waals surface area contributed by atoms with Gasteiger partial charge in [0.25, 0.3) is 10.4 Å². The molecule has 0 aliphatic carbocycles. The van der Waals surface area contributed by atoms with Gasteiger partial charge < -0.3 is 92.1 Å². The van der Waals surface area contributed by atoms with E-state index in [1.165, 1.54) is 0 Å². The summed E-state index contributed by atoms with van der Waals surface area (Å²) in [5.74, 6) is -10.8. The molecule has 3 aliphatic heterocycles. The van der Waals surface area contributed by atoms with Gasteiger partial charge in [-0.1, -0.05) is 6.07 Å². The average molecular weight is 915 g/mol. The van der Waals surface area contributed by atoms with Gasteiger partial charge in [-0.2, -0.15) is 0 Å². The zero-order valence-corrected chi connectivity index (χ0v) is 35.7. The van der Waals surface area contributed by atoms with E-state index >= 15 is 0 Å². The fraction of sp³-hybridized carbons (Fsp3) is 0.606. The predicted molar refractivity (Wildman–Crippen MR) is 196 cm³/mol. The number of aliphatic hydroxyl groups is 7. The number of rotatable bonds is 9. The normalized spacial score (nSPS) is 30.6. The standard InChI is InChI=1S/C33H48N8O19S.Na/c34-14-8-21(48)29(52)39-31(54)26-18(45)3-4-40(26)33(56)25(20(47)9-23(35)49)38-30(53)24(19(46)5-12-1-2-17(44)22(6-12)60-61(57,58)59)37-28(51)16-7-13(43)10-41(16)32(55)15(11-42)36-27(14)50;/h1-2,6,13-16,18-21,24-26,29,42-48,52H,3-5,7-11,34H2,(H2,35,49)(H,36,50)(H,37,51)(H,38,53)(H,39,54)(H,57,58,59);/q;+1/p-1. The summed E-state index contributed by atoms with van der Waals surface area (Å²) < 4.78 is 37.9. The molecule has 62 heavy (non-hydrogen) atoms. The summed E-state index contributed by atoms with van der Waals surface area (Å²) in [6, 6.07) is -9.04.